The normalized spacial score (nSPS) is 17.7. The average Bonchev–Trinajstić information content (AvgIpc) is 3.26. The van der Waals surface area contributed by atoms with Crippen molar-refractivity contribution in [1.82, 2.24) is 24.5 Å². The van der Waals surface area contributed by atoms with E-state index in [2.05, 4.69) is 32.2 Å². The molecule has 27 heavy (non-hydrogen) atoms. The fraction of sp³-hybridized carbons (Fsp3) is 0.389. The van der Waals surface area contributed by atoms with Gasteiger partial charge in [-0.05, 0) is 38.1 Å². The minimum Gasteiger partial charge on any atom is -0.365 e. The molecule has 142 valence electrons. The summed E-state index contributed by atoms with van der Waals surface area (Å²) < 4.78 is 29.8. The van der Waals surface area contributed by atoms with E-state index in [0.29, 0.717) is 24.1 Å². The fourth-order valence-corrected chi connectivity index (χ4v) is 3.71. The highest BCUT2D eigenvalue weighted by molar-refractivity contribution is 6.29. The highest BCUT2D eigenvalue weighted by atomic mass is 35.5. The number of nitrogens with zero attached hydrogens (tertiary/aromatic N) is 5. The first-order valence-corrected chi connectivity index (χ1v) is 9.30. The quantitative estimate of drug-likeness (QED) is 0.718. The van der Waals surface area contributed by atoms with Crippen molar-refractivity contribution in [3.05, 3.63) is 41.2 Å². The van der Waals surface area contributed by atoms with E-state index in [-0.39, 0.29) is 16.5 Å². The van der Waals surface area contributed by atoms with Crippen LogP contribution in [0.3, 0.4) is 0 Å². The topological polar surface area (TPSA) is 58.3 Å². The zero-order valence-electron chi connectivity index (χ0n) is 14.8. The molecule has 6 nitrogen and oxygen atoms in total. The number of rotatable bonds is 5. The molecule has 3 heterocycles. The Kier molecular flexibility index (Phi) is 4.92. The van der Waals surface area contributed by atoms with Gasteiger partial charge in [0, 0.05) is 12.6 Å². The molecule has 0 radical (unpaired) electrons. The maximum Gasteiger partial charge on any atom is 0.198 e. The van der Waals surface area contributed by atoms with Gasteiger partial charge in [0.25, 0.3) is 0 Å². The second-order valence-electron chi connectivity index (χ2n) is 6.50. The lowest BCUT2D eigenvalue weighted by Crippen LogP contribution is -2.34. The molecule has 1 aliphatic rings. The summed E-state index contributed by atoms with van der Waals surface area (Å²) in [4.78, 5) is 11.0. The maximum atomic E-state index is 14.2. The lowest BCUT2D eigenvalue weighted by molar-refractivity contribution is 0.277. The van der Waals surface area contributed by atoms with Crippen molar-refractivity contribution in [3.63, 3.8) is 0 Å². The molecule has 0 spiro atoms. The lowest BCUT2D eigenvalue weighted by Gasteiger charge is -2.23. The molecule has 0 amide bonds. The monoisotopic (exact) mass is 392 g/mol. The van der Waals surface area contributed by atoms with Gasteiger partial charge in [-0.2, -0.15) is 4.52 Å². The second kappa shape index (κ2) is 7.36. The third-order valence-corrected chi connectivity index (χ3v) is 5.18. The number of anilines is 1. The molecule has 2 aromatic heterocycles. The van der Waals surface area contributed by atoms with Gasteiger partial charge in [0.1, 0.15) is 11.6 Å². The van der Waals surface area contributed by atoms with E-state index in [1.165, 1.54) is 28.9 Å². The van der Waals surface area contributed by atoms with Gasteiger partial charge in [0.05, 0.1) is 11.8 Å². The molecule has 1 aliphatic heterocycles. The number of hydrogen-bond donors (Lipinski definition) is 1. The number of imidazole rings is 1. The van der Waals surface area contributed by atoms with Crippen molar-refractivity contribution < 1.29 is 8.78 Å². The summed E-state index contributed by atoms with van der Waals surface area (Å²) in [6.07, 6.45) is 3.68. The van der Waals surface area contributed by atoms with Crippen LogP contribution in [0.5, 0.6) is 0 Å². The van der Waals surface area contributed by atoms with Crippen LogP contribution in [0.15, 0.2) is 24.4 Å². The van der Waals surface area contributed by atoms with Gasteiger partial charge in [0.2, 0.25) is 0 Å². The predicted octanol–water partition coefficient (Wildman–Crippen LogP) is 3.62. The van der Waals surface area contributed by atoms with Gasteiger partial charge >= 0.3 is 0 Å². The van der Waals surface area contributed by atoms with Crippen molar-refractivity contribution in [2.45, 2.75) is 25.8 Å². The Morgan fingerprint density at radius 1 is 1.30 bits per heavy atom. The predicted molar refractivity (Wildman–Crippen MR) is 99.9 cm³/mol. The summed E-state index contributed by atoms with van der Waals surface area (Å²) >= 11 is 6.14. The lowest BCUT2D eigenvalue weighted by atomic mass is 10.2. The van der Waals surface area contributed by atoms with Crippen molar-refractivity contribution in [1.29, 1.82) is 0 Å². The zero-order chi connectivity index (χ0) is 19.0. The Morgan fingerprint density at radius 3 is 2.81 bits per heavy atom. The number of hydrogen-bond acceptors (Lipinski definition) is 5. The summed E-state index contributed by atoms with van der Waals surface area (Å²) in [6.45, 7) is 4.84. The van der Waals surface area contributed by atoms with Crippen LogP contribution in [-0.4, -0.2) is 50.2 Å². The Balaban J connectivity index is 1.73. The number of benzene rings is 1. The van der Waals surface area contributed by atoms with E-state index >= 15 is 0 Å². The molecule has 0 saturated carbocycles. The minimum atomic E-state index is -0.732. The Bertz CT molecular complexity index is 956. The van der Waals surface area contributed by atoms with Crippen LogP contribution in [0.25, 0.3) is 17.0 Å². The smallest absolute Gasteiger partial charge is 0.198 e. The van der Waals surface area contributed by atoms with E-state index in [9.17, 15) is 8.78 Å². The number of likely N-dealkylation sites (N-methyl/N-ethyl adjacent to an activating group) is 1. The molecule has 1 atom stereocenters. The van der Waals surface area contributed by atoms with Crippen LogP contribution in [-0.2, 0) is 0 Å². The van der Waals surface area contributed by atoms with Crippen LogP contribution in [0.2, 0.25) is 5.15 Å². The maximum absolute atomic E-state index is 14.2. The SMILES string of the molecule is CCN1CCCC1CNc1nc(-c2c(F)cccc2F)nn2c(Cl)cnc12. The molecule has 3 aromatic rings. The Hall–Kier alpha value is -2.32. The molecule has 1 fully saturated rings. The average molecular weight is 393 g/mol. The van der Waals surface area contributed by atoms with E-state index in [1.807, 2.05) is 0 Å². The third-order valence-electron chi connectivity index (χ3n) is 4.92. The van der Waals surface area contributed by atoms with Crippen LogP contribution < -0.4 is 5.32 Å². The summed E-state index contributed by atoms with van der Waals surface area (Å²) in [5, 5.41) is 7.70. The van der Waals surface area contributed by atoms with Crippen molar-refractivity contribution in [2.75, 3.05) is 25.0 Å². The summed E-state index contributed by atoms with van der Waals surface area (Å²) in [5.41, 5.74) is 0.129. The molecule has 9 heteroatoms. The summed E-state index contributed by atoms with van der Waals surface area (Å²) in [6, 6.07) is 4.03. The highest BCUT2D eigenvalue weighted by Crippen LogP contribution is 2.27. The largest absolute Gasteiger partial charge is 0.365 e. The molecular weight excluding hydrogens is 374 g/mol. The first-order valence-electron chi connectivity index (χ1n) is 8.92. The number of nitrogens with one attached hydrogen (secondary N) is 1. The van der Waals surface area contributed by atoms with Crippen molar-refractivity contribution in [2.24, 2.45) is 0 Å². The standard InChI is InChI=1S/C18H19ClF2N6/c1-2-26-8-4-5-11(26)9-22-17-18-23-10-14(19)27(18)25-16(24-17)15-12(20)6-3-7-13(15)21/h3,6-7,10-11H,2,4-5,8-9H2,1H3,(H,22,24,25). The summed E-state index contributed by atoms with van der Waals surface area (Å²) in [5.74, 6) is -1.15. The first kappa shape index (κ1) is 18.1. The Labute approximate surface area is 160 Å². The minimum absolute atomic E-state index is 0.0840. The Morgan fingerprint density at radius 2 is 2.07 bits per heavy atom. The fourth-order valence-electron chi connectivity index (χ4n) is 3.55. The van der Waals surface area contributed by atoms with E-state index in [4.69, 9.17) is 11.6 Å². The van der Waals surface area contributed by atoms with Crippen LogP contribution in [0.1, 0.15) is 19.8 Å². The van der Waals surface area contributed by atoms with E-state index < -0.39 is 11.6 Å². The van der Waals surface area contributed by atoms with Gasteiger partial charge in [-0.25, -0.2) is 18.7 Å². The van der Waals surface area contributed by atoms with Crippen LogP contribution in [0, 0.1) is 11.6 Å². The zero-order valence-corrected chi connectivity index (χ0v) is 15.5. The summed E-state index contributed by atoms with van der Waals surface area (Å²) in [7, 11) is 0. The number of halogens is 3. The molecule has 1 saturated heterocycles. The van der Waals surface area contributed by atoms with E-state index in [1.54, 1.807) is 0 Å². The molecule has 0 aliphatic carbocycles. The number of aromatic nitrogens is 4. The molecular formula is C18H19ClF2N6. The number of likely N-dealkylation sites (tertiary alicyclic amines) is 1. The molecule has 1 N–H and O–H groups in total. The van der Waals surface area contributed by atoms with Crippen LogP contribution >= 0.6 is 11.6 Å². The van der Waals surface area contributed by atoms with Gasteiger partial charge in [-0.1, -0.05) is 24.6 Å². The molecule has 1 aromatic carbocycles. The third kappa shape index (κ3) is 3.35. The van der Waals surface area contributed by atoms with Crippen LogP contribution in [0.4, 0.5) is 14.6 Å². The highest BCUT2D eigenvalue weighted by Gasteiger charge is 2.24. The molecule has 4 rings (SSSR count). The molecule has 0 bridgehead atoms. The van der Waals surface area contributed by atoms with Gasteiger partial charge < -0.3 is 5.32 Å². The van der Waals surface area contributed by atoms with Gasteiger partial charge in [-0.15, -0.1) is 5.10 Å². The second-order valence-corrected chi connectivity index (χ2v) is 6.89. The number of fused-ring (bicyclic) bond motifs is 1. The van der Waals surface area contributed by atoms with Gasteiger partial charge in [-0.3, -0.25) is 4.90 Å². The molecule has 1 unspecified atom stereocenters. The van der Waals surface area contributed by atoms with Crippen molar-refractivity contribution in [3.8, 4) is 11.4 Å². The first-order chi connectivity index (χ1) is 13.1. The van der Waals surface area contributed by atoms with Gasteiger partial charge in [0.15, 0.2) is 22.4 Å². The van der Waals surface area contributed by atoms with Crippen molar-refractivity contribution >= 4 is 23.1 Å². The van der Waals surface area contributed by atoms with E-state index in [0.717, 1.165) is 25.9 Å².